The van der Waals surface area contributed by atoms with Crippen molar-refractivity contribution in [3.63, 3.8) is 0 Å². The van der Waals surface area contributed by atoms with E-state index in [9.17, 15) is 0 Å². The number of benzene rings is 1. The van der Waals surface area contributed by atoms with E-state index in [0.717, 1.165) is 24.6 Å². The van der Waals surface area contributed by atoms with Crippen LogP contribution in [0.1, 0.15) is 31.2 Å². The maximum absolute atomic E-state index is 5.91. The summed E-state index contributed by atoms with van der Waals surface area (Å²) in [5.74, 6) is 2.36. The summed E-state index contributed by atoms with van der Waals surface area (Å²) in [6, 6.07) is 6.22. The number of rotatable bonds is 4. The normalized spacial score (nSPS) is 23.9. The molecule has 0 heterocycles. The lowest BCUT2D eigenvalue weighted by molar-refractivity contribution is 0.241. The maximum atomic E-state index is 5.91. The first-order valence-corrected chi connectivity index (χ1v) is 7.56. The average molecular weight is 312 g/mol. The largest absolute Gasteiger partial charge is 0.497 e. The van der Waals surface area contributed by atoms with Crippen molar-refractivity contribution in [3.05, 3.63) is 28.2 Å². The highest BCUT2D eigenvalue weighted by Gasteiger charge is 2.24. The van der Waals surface area contributed by atoms with Gasteiger partial charge in [-0.15, -0.1) is 0 Å². The Labute approximate surface area is 118 Å². The summed E-state index contributed by atoms with van der Waals surface area (Å²) in [5.41, 5.74) is 7.25. The van der Waals surface area contributed by atoms with Crippen LogP contribution < -0.4 is 10.5 Å². The first kappa shape index (κ1) is 13.9. The molecule has 1 aliphatic rings. The molecule has 0 amide bonds. The molecule has 100 valence electrons. The number of methoxy groups -OCH3 is 1. The van der Waals surface area contributed by atoms with Crippen molar-refractivity contribution in [3.8, 4) is 5.75 Å². The van der Waals surface area contributed by atoms with E-state index in [1.54, 1.807) is 7.11 Å². The van der Waals surface area contributed by atoms with Crippen LogP contribution >= 0.6 is 15.9 Å². The second-order valence-electron chi connectivity index (χ2n) is 5.20. The van der Waals surface area contributed by atoms with Gasteiger partial charge in [0.25, 0.3) is 0 Å². The van der Waals surface area contributed by atoms with Crippen LogP contribution in [0.3, 0.4) is 0 Å². The van der Waals surface area contributed by atoms with Gasteiger partial charge < -0.3 is 10.5 Å². The number of hydrogen-bond acceptors (Lipinski definition) is 2. The molecule has 0 radical (unpaired) electrons. The van der Waals surface area contributed by atoms with E-state index in [4.69, 9.17) is 10.5 Å². The fourth-order valence-electron chi connectivity index (χ4n) is 2.98. The molecule has 2 rings (SSSR count). The summed E-state index contributed by atoms with van der Waals surface area (Å²) >= 11 is 3.64. The van der Waals surface area contributed by atoms with E-state index in [0.29, 0.717) is 5.92 Å². The fraction of sp³-hybridized carbons (Fsp3) is 0.600. The van der Waals surface area contributed by atoms with Crippen LogP contribution in [0, 0.1) is 11.8 Å². The SMILES string of the molecule is COc1ccc(Br)c(CC2CCCCC2CN)c1. The first-order chi connectivity index (χ1) is 8.74. The van der Waals surface area contributed by atoms with Crippen LogP contribution in [0.4, 0.5) is 0 Å². The second-order valence-corrected chi connectivity index (χ2v) is 6.06. The Morgan fingerprint density at radius 1 is 1.28 bits per heavy atom. The van der Waals surface area contributed by atoms with Crippen LogP contribution in [0.2, 0.25) is 0 Å². The first-order valence-electron chi connectivity index (χ1n) is 6.77. The van der Waals surface area contributed by atoms with E-state index in [2.05, 4.69) is 28.1 Å². The van der Waals surface area contributed by atoms with Gasteiger partial charge in [0.1, 0.15) is 5.75 Å². The van der Waals surface area contributed by atoms with Gasteiger partial charge in [-0.25, -0.2) is 0 Å². The van der Waals surface area contributed by atoms with Crippen molar-refractivity contribution in [2.75, 3.05) is 13.7 Å². The highest BCUT2D eigenvalue weighted by Crippen LogP contribution is 2.34. The minimum absolute atomic E-state index is 0.692. The average Bonchev–Trinajstić information content (AvgIpc) is 2.42. The van der Waals surface area contributed by atoms with Gasteiger partial charge in [-0.3, -0.25) is 0 Å². The smallest absolute Gasteiger partial charge is 0.119 e. The van der Waals surface area contributed by atoms with E-state index in [-0.39, 0.29) is 0 Å². The molecule has 2 atom stereocenters. The molecule has 1 aromatic carbocycles. The van der Waals surface area contributed by atoms with Crippen molar-refractivity contribution < 1.29 is 4.74 Å². The van der Waals surface area contributed by atoms with Crippen LogP contribution in [-0.2, 0) is 6.42 Å². The Morgan fingerprint density at radius 3 is 2.67 bits per heavy atom. The molecule has 0 saturated heterocycles. The summed E-state index contributed by atoms with van der Waals surface area (Å²) in [6.07, 6.45) is 6.41. The minimum Gasteiger partial charge on any atom is -0.497 e. The molecule has 1 fully saturated rings. The maximum Gasteiger partial charge on any atom is 0.119 e. The Balaban J connectivity index is 2.11. The zero-order valence-corrected chi connectivity index (χ0v) is 12.6. The molecule has 0 aromatic heterocycles. The quantitative estimate of drug-likeness (QED) is 0.918. The molecule has 0 aliphatic heterocycles. The van der Waals surface area contributed by atoms with Crippen LogP contribution in [0.15, 0.2) is 22.7 Å². The van der Waals surface area contributed by atoms with E-state index < -0.39 is 0 Å². The lowest BCUT2D eigenvalue weighted by Crippen LogP contribution is -2.28. The summed E-state index contributed by atoms with van der Waals surface area (Å²) < 4.78 is 6.49. The summed E-state index contributed by atoms with van der Waals surface area (Å²) in [7, 11) is 1.72. The van der Waals surface area contributed by atoms with Gasteiger partial charge >= 0.3 is 0 Å². The third-order valence-corrected chi connectivity index (χ3v) is 4.88. The van der Waals surface area contributed by atoms with Gasteiger partial charge in [-0.05, 0) is 61.4 Å². The Kier molecular flexibility index (Phi) is 5.07. The lowest BCUT2D eigenvalue weighted by Gasteiger charge is -2.31. The molecule has 1 aromatic rings. The van der Waals surface area contributed by atoms with E-state index in [1.807, 2.05) is 6.07 Å². The van der Waals surface area contributed by atoms with Gasteiger partial charge in [-0.1, -0.05) is 28.8 Å². The molecule has 2 N–H and O–H groups in total. The highest BCUT2D eigenvalue weighted by molar-refractivity contribution is 9.10. The zero-order chi connectivity index (χ0) is 13.0. The summed E-state index contributed by atoms with van der Waals surface area (Å²) in [5, 5.41) is 0. The molecule has 2 nitrogen and oxygen atoms in total. The van der Waals surface area contributed by atoms with Crippen molar-refractivity contribution in [2.45, 2.75) is 32.1 Å². The van der Waals surface area contributed by atoms with Gasteiger partial charge in [0.05, 0.1) is 7.11 Å². The van der Waals surface area contributed by atoms with Gasteiger partial charge in [0.2, 0.25) is 0 Å². The number of hydrogen-bond donors (Lipinski definition) is 1. The third-order valence-electron chi connectivity index (χ3n) is 4.10. The summed E-state index contributed by atoms with van der Waals surface area (Å²) in [4.78, 5) is 0. The monoisotopic (exact) mass is 311 g/mol. The topological polar surface area (TPSA) is 35.2 Å². The van der Waals surface area contributed by atoms with E-state index in [1.165, 1.54) is 35.7 Å². The lowest BCUT2D eigenvalue weighted by atomic mass is 9.76. The van der Waals surface area contributed by atoms with E-state index >= 15 is 0 Å². The van der Waals surface area contributed by atoms with Crippen molar-refractivity contribution in [1.29, 1.82) is 0 Å². The highest BCUT2D eigenvalue weighted by atomic mass is 79.9. The fourth-order valence-corrected chi connectivity index (χ4v) is 3.39. The Morgan fingerprint density at radius 2 is 2.00 bits per heavy atom. The van der Waals surface area contributed by atoms with Gasteiger partial charge in [0, 0.05) is 4.47 Å². The number of halogens is 1. The molecule has 2 unspecified atom stereocenters. The van der Waals surface area contributed by atoms with Gasteiger partial charge in [0.15, 0.2) is 0 Å². The van der Waals surface area contributed by atoms with Crippen molar-refractivity contribution in [1.82, 2.24) is 0 Å². The molecule has 0 bridgehead atoms. The predicted molar refractivity (Wildman–Crippen MR) is 78.9 cm³/mol. The van der Waals surface area contributed by atoms with Gasteiger partial charge in [-0.2, -0.15) is 0 Å². The zero-order valence-electron chi connectivity index (χ0n) is 11.0. The molecular weight excluding hydrogens is 290 g/mol. The molecular formula is C15H22BrNO. The molecule has 3 heteroatoms. The Bertz CT molecular complexity index is 394. The number of ether oxygens (including phenoxy) is 1. The molecule has 18 heavy (non-hydrogen) atoms. The summed E-state index contributed by atoms with van der Waals surface area (Å²) in [6.45, 7) is 0.826. The predicted octanol–water partition coefficient (Wildman–Crippen LogP) is 3.77. The third kappa shape index (κ3) is 3.27. The standard InChI is InChI=1S/C15H22BrNO/c1-18-14-6-7-15(16)13(9-14)8-11-4-2-3-5-12(11)10-17/h6-7,9,11-12H,2-5,8,10,17H2,1H3. The van der Waals surface area contributed by atoms with Crippen LogP contribution in [-0.4, -0.2) is 13.7 Å². The van der Waals surface area contributed by atoms with Crippen LogP contribution in [0.25, 0.3) is 0 Å². The van der Waals surface area contributed by atoms with Crippen LogP contribution in [0.5, 0.6) is 5.75 Å². The minimum atomic E-state index is 0.692. The van der Waals surface area contributed by atoms with Crippen molar-refractivity contribution in [2.24, 2.45) is 17.6 Å². The molecule has 1 saturated carbocycles. The second kappa shape index (κ2) is 6.58. The number of nitrogens with two attached hydrogens (primary N) is 1. The molecule has 1 aliphatic carbocycles. The molecule has 0 spiro atoms. The Hall–Kier alpha value is -0.540. The van der Waals surface area contributed by atoms with Crippen molar-refractivity contribution >= 4 is 15.9 Å².